The summed E-state index contributed by atoms with van der Waals surface area (Å²) in [5.41, 5.74) is 0.241. The van der Waals surface area contributed by atoms with Crippen molar-refractivity contribution >= 4 is 74.4 Å². The monoisotopic (exact) mass is 616 g/mol. The number of benzene rings is 1. The Kier molecular flexibility index (Phi) is 5.92. The van der Waals surface area contributed by atoms with Crippen molar-refractivity contribution in [1.82, 2.24) is 9.80 Å². The summed E-state index contributed by atoms with van der Waals surface area (Å²) in [4.78, 5) is 52.8. The highest BCUT2D eigenvalue weighted by Crippen LogP contribution is 2.66. The van der Waals surface area contributed by atoms with Crippen molar-refractivity contribution in [2.24, 2.45) is 17.8 Å². The summed E-state index contributed by atoms with van der Waals surface area (Å²) in [6.07, 6.45) is 2.06. The van der Waals surface area contributed by atoms with Gasteiger partial charge in [0.1, 0.15) is 5.75 Å². The van der Waals surface area contributed by atoms with Gasteiger partial charge in [0.25, 0.3) is 11.8 Å². The van der Waals surface area contributed by atoms with Gasteiger partial charge in [-0.3, -0.25) is 29.0 Å². The SMILES string of the molecule is CC(C)(C)N1C(=O)C2CC=C3C(CC4(Cl)C(=O)N(CBr)C(=O)C4(Cl)C3c3ccc(O)cc3Cl)C2C1=O. The molecule has 4 amide bonds. The number of likely N-dealkylation sites (tertiary alicyclic amines) is 2. The summed E-state index contributed by atoms with van der Waals surface area (Å²) in [7, 11) is 0. The Morgan fingerprint density at radius 1 is 1.08 bits per heavy atom. The van der Waals surface area contributed by atoms with E-state index >= 15 is 0 Å². The van der Waals surface area contributed by atoms with Crippen LogP contribution < -0.4 is 0 Å². The molecule has 36 heavy (non-hydrogen) atoms. The Balaban J connectivity index is 1.74. The van der Waals surface area contributed by atoms with Crippen molar-refractivity contribution < 1.29 is 24.3 Å². The standard InChI is InChI=1S/C25H24BrCl3N2O5/c1-23(2,3)31-19(33)14-7-6-12-15(17(14)20(31)34)9-24(28)21(35)30(10-26)22(36)25(24,29)18(12)13-5-4-11(32)8-16(13)27/h4-6,8,14-15,17-18,32H,7,9-10H2,1-3H3. The molecule has 2 aliphatic carbocycles. The molecule has 5 rings (SSSR count). The van der Waals surface area contributed by atoms with Crippen molar-refractivity contribution in [1.29, 1.82) is 0 Å². The van der Waals surface area contributed by atoms with Crippen molar-refractivity contribution in [3.8, 4) is 5.75 Å². The van der Waals surface area contributed by atoms with Gasteiger partial charge in [0.05, 0.1) is 17.3 Å². The van der Waals surface area contributed by atoms with Crippen LogP contribution in [-0.4, -0.2) is 59.3 Å². The van der Waals surface area contributed by atoms with Gasteiger partial charge in [0.2, 0.25) is 11.8 Å². The number of phenolic OH excluding ortho intramolecular Hbond substituents is 1. The van der Waals surface area contributed by atoms with E-state index < -0.39 is 50.8 Å². The molecule has 11 heteroatoms. The lowest BCUT2D eigenvalue weighted by atomic mass is 9.56. The molecule has 2 heterocycles. The fourth-order valence-corrected chi connectivity index (χ4v) is 8.21. The van der Waals surface area contributed by atoms with E-state index in [2.05, 4.69) is 15.9 Å². The molecule has 0 bridgehead atoms. The molecule has 0 aromatic heterocycles. The summed E-state index contributed by atoms with van der Waals surface area (Å²) in [5.74, 6) is -4.89. The Morgan fingerprint density at radius 2 is 1.75 bits per heavy atom. The Hall–Kier alpha value is -1.61. The number of amides is 4. The predicted octanol–water partition coefficient (Wildman–Crippen LogP) is 4.56. The molecular weight excluding hydrogens is 595 g/mol. The van der Waals surface area contributed by atoms with Gasteiger partial charge in [-0.05, 0) is 57.2 Å². The maximum atomic E-state index is 13.7. The van der Waals surface area contributed by atoms with Crippen LogP contribution in [0.2, 0.25) is 5.02 Å². The fourth-order valence-electron chi connectivity index (χ4n) is 6.51. The van der Waals surface area contributed by atoms with Gasteiger partial charge in [-0.2, -0.15) is 0 Å². The maximum absolute atomic E-state index is 13.7. The van der Waals surface area contributed by atoms with Gasteiger partial charge in [-0.25, -0.2) is 0 Å². The summed E-state index contributed by atoms with van der Waals surface area (Å²) in [5, 5.41) is 10.1. The lowest BCUT2D eigenvalue weighted by Crippen LogP contribution is -2.60. The normalized spacial score (nSPS) is 36.1. The van der Waals surface area contributed by atoms with Crippen LogP contribution in [0.5, 0.6) is 5.75 Å². The van der Waals surface area contributed by atoms with Crippen LogP contribution in [-0.2, 0) is 19.2 Å². The van der Waals surface area contributed by atoms with Crippen LogP contribution in [0.25, 0.3) is 0 Å². The molecule has 4 aliphatic rings. The third-order valence-electron chi connectivity index (χ3n) is 7.98. The topological polar surface area (TPSA) is 95.0 Å². The average Bonchev–Trinajstić information content (AvgIpc) is 3.13. The molecule has 192 valence electrons. The summed E-state index contributed by atoms with van der Waals surface area (Å²) >= 11 is 24.0. The zero-order valence-corrected chi connectivity index (χ0v) is 23.6. The molecule has 1 aromatic carbocycles. The highest BCUT2D eigenvalue weighted by Gasteiger charge is 2.76. The van der Waals surface area contributed by atoms with E-state index in [9.17, 15) is 24.3 Å². The van der Waals surface area contributed by atoms with E-state index in [-0.39, 0.29) is 40.9 Å². The largest absolute Gasteiger partial charge is 0.508 e. The highest BCUT2D eigenvalue weighted by molar-refractivity contribution is 9.09. The Labute approximate surface area is 231 Å². The first-order valence-corrected chi connectivity index (χ1v) is 13.8. The van der Waals surface area contributed by atoms with Crippen molar-refractivity contribution in [2.45, 2.75) is 54.8 Å². The van der Waals surface area contributed by atoms with Gasteiger partial charge in [-0.15, -0.1) is 23.2 Å². The number of fused-ring (bicyclic) bond motifs is 4. The first-order chi connectivity index (χ1) is 16.7. The number of halogens is 4. The fraction of sp³-hybridized carbons (Fsp3) is 0.520. The maximum Gasteiger partial charge on any atom is 0.254 e. The van der Waals surface area contributed by atoms with Crippen LogP contribution in [0.3, 0.4) is 0 Å². The number of aromatic hydroxyl groups is 1. The van der Waals surface area contributed by atoms with Crippen LogP contribution in [0, 0.1) is 17.8 Å². The quantitative estimate of drug-likeness (QED) is 0.227. The average molecular weight is 619 g/mol. The number of rotatable bonds is 2. The van der Waals surface area contributed by atoms with E-state index in [4.69, 9.17) is 34.8 Å². The van der Waals surface area contributed by atoms with Crippen molar-refractivity contribution in [2.75, 3.05) is 5.45 Å². The summed E-state index contributed by atoms with van der Waals surface area (Å²) in [6.45, 7) is 5.40. The number of allylic oxidation sites excluding steroid dienone is 2. The summed E-state index contributed by atoms with van der Waals surface area (Å²) in [6, 6.07) is 4.30. The molecular formula is C25H24BrCl3N2O5. The Bertz CT molecular complexity index is 1260. The minimum atomic E-state index is -1.93. The molecule has 1 aromatic rings. The zero-order chi connectivity index (χ0) is 26.5. The minimum Gasteiger partial charge on any atom is -0.508 e. The van der Waals surface area contributed by atoms with E-state index in [1.54, 1.807) is 26.8 Å². The van der Waals surface area contributed by atoms with Gasteiger partial charge >= 0.3 is 0 Å². The first-order valence-electron chi connectivity index (χ1n) is 11.6. The van der Waals surface area contributed by atoms with Gasteiger partial charge < -0.3 is 5.11 Å². The van der Waals surface area contributed by atoms with Crippen molar-refractivity contribution in [3.05, 3.63) is 40.4 Å². The van der Waals surface area contributed by atoms with Gasteiger partial charge in [0, 0.05) is 16.5 Å². The van der Waals surface area contributed by atoms with Crippen LogP contribution in [0.15, 0.2) is 29.8 Å². The van der Waals surface area contributed by atoms with Crippen LogP contribution in [0.4, 0.5) is 0 Å². The second-order valence-corrected chi connectivity index (χ2v) is 13.0. The number of hydrogen-bond donors (Lipinski definition) is 1. The Morgan fingerprint density at radius 3 is 2.33 bits per heavy atom. The molecule has 2 aliphatic heterocycles. The van der Waals surface area contributed by atoms with Gasteiger partial charge in [0.15, 0.2) is 9.75 Å². The number of carbonyl (C=O) groups excluding carboxylic acids is 4. The third-order valence-corrected chi connectivity index (χ3v) is 10.2. The second kappa shape index (κ2) is 8.19. The lowest BCUT2D eigenvalue weighted by molar-refractivity contribution is -0.146. The number of imide groups is 2. The van der Waals surface area contributed by atoms with Crippen LogP contribution in [0.1, 0.15) is 45.1 Å². The van der Waals surface area contributed by atoms with E-state index in [0.717, 1.165) is 4.90 Å². The van der Waals surface area contributed by atoms with E-state index in [1.807, 2.05) is 6.08 Å². The number of nitrogens with zero attached hydrogens (tertiary/aromatic N) is 2. The van der Waals surface area contributed by atoms with Gasteiger partial charge in [-0.1, -0.05) is 45.2 Å². The molecule has 6 atom stereocenters. The molecule has 7 nitrogen and oxygen atoms in total. The smallest absolute Gasteiger partial charge is 0.254 e. The third kappa shape index (κ3) is 3.17. The van der Waals surface area contributed by atoms with Crippen molar-refractivity contribution in [3.63, 3.8) is 0 Å². The number of phenols is 1. The lowest BCUT2D eigenvalue weighted by Gasteiger charge is -2.51. The van der Waals surface area contributed by atoms with E-state index in [0.29, 0.717) is 11.1 Å². The zero-order valence-electron chi connectivity index (χ0n) is 19.7. The molecule has 2 saturated heterocycles. The molecule has 0 spiro atoms. The molecule has 1 saturated carbocycles. The van der Waals surface area contributed by atoms with Crippen LogP contribution >= 0.6 is 50.7 Å². The minimum absolute atomic E-state index is 0.0807. The highest BCUT2D eigenvalue weighted by atomic mass is 79.9. The number of hydrogen-bond acceptors (Lipinski definition) is 5. The predicted molar refractivity (Wildman–Crippen MR) is 138 cm³/mol. The first kappa shape index (κ1) is 26.0. The number of carbonyl (C=O) groups is 4. The molecule has 6 unspecified atom stereocenters. The molecule has 0 radical (unpaired) electrons. The molecule has 3 fully saturated rings. The second-order valence-electron chi connectivity index (χ2n) is 10.9. The van der Waals surface area contributed by atoms with E-state index in [1.165, 1.54) is 17.0 Å². The number of alkyl halides is 3. The summed E-state index contributed by atoms with van der Waals surface area (Å²) < 4.78 is 0. The molecule has 1 N–H and O–H groups in total.